The van der Waals surface area contributed by atoms with E-state index in [2.05, 4.69) is 25.8 Å². The van der Waals surface area contributed by atoms with E-state index in [1.165, 1.54) is 49.5 Å². The molecule has 4 heterocycles. The first-order chi connectivity index (χ1) is 13.6. The van der Waals surface area contributed by atoms with E-state index in [9.17, 15) is 4.79 Å². The predicted octanol–water partition coefficient (Wildman–Crippen LogP) is 2.97. The monoisotopic (exact) mass is 399 g/mol. The summed E-state index contributed by atoms with van der Waals surface area (Å²) in [6, 6.07) is 1.93. The molecule has 28 heavy (non-hydrogen) atoms. The highest BCUT2D eigenvalue weighted by Gasteiger charge is 2.52. The Morgan fingerprint density at radius 3 is 2.89 bits per heavy atom. The van der Waals surface area contributed by atoms with Gasteiger partial charge in [0.25, 0.3) is 5.91 Å². The summed E-state index contributed by atoms with van der Waals surface area (Å²) in [5.74, 6) is 0.899. The summed E-state index contributed by atoms with van der Waals surface area (Å²) >= 11 is 1.41. The van der Waals surface area contributed by atoms with Crippen molar-refractivity contribution in [3.63, 3.8) is 0 Å². The first-order valence-corrected chi connectivity index (χ1v) is 11.3. The maximum atomic E-state index is 13.5. The number of hydrogen-bond acceptors (Lipinski definition) is 5. The summed E-state index contributed by atoms with van der Waals surface area (Å²) in [6.45, 7) is 5.88. The van der Waals surface area contributed by atoms with Crippen LogP contribution in [0.1, 0.15) is 58.9 Å². The number of fused-ring (bicyclic) bond motifs is 2. The molecule has 0 radical (unpaired) electrons. The van der Waals surface area contributed by atoms with Crippen molar-refractivity contribution in [3.8, 4) is 0 Å². The van der Waals surface area contributed by atoms with Gasteiger partial charge < -0.3 is 14.4 Å². The third-order valence-corrected chi connectivity index (χ3v) is 7.69. The maximum Gasteiger partial charge on any atom is 0.274 e. The van der Waals surface area contributed by atoms with Crippen LogP contribution in [-0.4, -0.2) is 55.8 Å². The number of aromatic nitrogens is 3. The van der Waals surface area contributed by atoms with Crippen LogP contribution < -0.4 is 0 Å². The van der Waals surface area contributed by atoms with Crippen molar-refractivity contribution in [1.82, 2.24) is 23.7 Å². The highest BCUT2D eigenvalue weighted by molar-refractivity contribution is 7.05. The van der Waals surface area contributed by atoms with Gasteiger partial charge in [-0.05, 0) is 49.7 Å². The molecule has 0 bridgehead atoms. The minimum absolute atomic E-state index is 0.0726. The van der Waals surface area contributed by atoms with Crippen LogP contribution in [0.15, 0.2) is 12.4 Å². The van der Waals surface area contributed by atoms with Crippen LogP contribution >= 0.6 is 11.5 Å². The number of hydrogen-bond donors (Lipinski definition) is 0. The van der Waals surface area contributed by atoms with Crippen LogP contribution in [0.5, 0.6) is 0 Å². The van der Waals surface area contributed by atoms with Crippen LogP contribution in [0.4, 0.5) is 0 Å². The van der Waals surface area contributed by atoms with E-state index in [0.29, 0.717) is 5.69 Å². The molecule has 1 saturated heterocycles. The molecule has 1 unspecified atom stereocenters. The summed E-state index contributed by atoms with van der Waals surface area (Å²) in [5.41, 5.74) is 2.70. The smallest absolute Gasteiger partial charge is 0.274 e. The largest absolute Gasteiger partial charge is 0.337 e. The molecule has 1 atom stereocenters. The van der Waals surface area contributed by atoms with Gasteiger partial charge in [0, 0.05) is 50.2 Å². The van der Waals surface area contributed by atoms with Crippen molar-refractivity contribution in [1.29, 1.82) is 0 Å². The average molecular weight is 400 g/mol. The fourth-order valence-corrected chi connectivity index (χ4v) is 6.14. The predicted molar refractivity (Wildman–Crippen MR) is 109 cm³/mol. The van der Waals surface area contributed by atoms with E-state index in [0.717, 1.165) is 49.0 Å². The van der Waals surface area contributed by atoms with Crippen molar-refractivity contribution in [2.24, 2.45) is 13.0 Å². The lowest BCUT2D eigenvalue weighted by Gasteiger charge is -2.44. The second kappa shape index (κ2) is 6.95. The van der Waals surface area contributed by atoms with Gasteiger partial charge in [0.05, 0.1) is 12.0 Å². The topological polar surface area (TPSA) is 54.3 Å². The van der Waals surface area contributed by atoms with Gasteiger partial charge in [0.1, 0.15) is 11.2 Å². The number of nitrogens with zero attached hydrogens (tertiary/aromatic N) is 5. The Morgan fingerprint density at radius 1 is 1.32 bits per heavy atom. The number of carbonyl (C=O) groups is 1. The molecular weight excluding hydrogens is 370 g/mol. The number of likely N-dealkylation sites (tertiary alicyclic amines) is 1. The minimum atomic E-state index is -0.304. The molecule has 1 spiro atoms. The summed E-state index contributed by atoms with van der Waals surface area (Å²) in [7, 11) is 2.08. The van der Waals surface area contributed by atoms with E-state index >= 15 is 0 Å². The molecule has 2 aliphatic heterocycles. The van der Waals surface area contributed by atoms with Gasteiger partial charge >= 0.3 is 0 Å². The average Bonchev–Trinajstić information content (AvgIpc) is 3.46. The SMILES string of the molecule is Cc1cc(C(=O)N2CCc3c(ncn3C)C23CCN(CC2CCCC2)C3)ns1. The molecule has 7 heteroatoms. The van der Waals surface area contributed by atoms with E-state index < -0.39 is 0 Å². The molecule has 2 aromatic heterocycles. The molecule has 150 valence electrons. The molecule has 2 aromatic rings. The highest BCUT2D eigenvalue weighted by Crippen LogP contribution is 2.43. The molecule has 3 aliphatic rings. The Balaban J connectivity index is 1.48. The second-order valence-electron chi connectivity index (χ2n) is 8.85. The van der Waals surface area contributed by atoms with Crippen molar-refractivity contribution in [2.45, 2.75) is 51.0 Å². The van der Waals surface area contributed by atoms with Crippen LogP contribution in [0, 0.1) is 12.8 Å². The van der Waals surface area contributed by atoms with E-state index in [-0.39, 0.29) is 11.4 Å². The molecule has 1 aliphatic carbocycles. The molecule has 6 nitrogen and oxygen atoms in total. The molecule has 0 aromatic carbocycles. The Labute approximate surface area is 170 Å². The number of carbonyl (C=O) groups excluding carboxylic acids is 1. The third-order valence-electron chi connectivity index (χ3n) is 7.00. The third kappa shape index (κ3) is 2.90. The van der Waals surface area contributed by atoms with Crippen molar-refractivity contribution in [2.75, 3.05) is 26.2 Å². The highest BCUT2D eigenvalue weighted by atomic mass is 32.1. The van der Waals surface area contributed by atoms with Crippen LogP contribution in [0.3, 0.4) is 0 Å². The van der Waals surface area contributed by atoms with Gasteiger partial charge in [-0.25, -0.2) is 4.98 Å². The van der Waals surface area contributed by atoms with E-state index in [4.69, 9.17) is 4.98 Å². The summed E-state index contributed by atoms with van der Waals surface area (Å²) < 4.78 is 6.56. The van der Waals surface area contributed by atoms with Gasteiger partial charge in [-0.15, -0.1) is 0 Å². The van der Waals surface area contributed by atoms with Crippen molar-refractivity contribution >= 4 is 17.4 Å². The molecule has 5 rings (SSSR count). The molecule has 1 saturated carbocycles. The van der Waals surface area contributed by atoms with Gasteiger partial charge in [-0.2, -0.15) is 4.37 Å². The van der Waals surface area contributed by atoms with Crippen molar-refractivity contribution < 1.29 is 4.79 Å². The number of aryl methyl sites for hydroxylation is 2. The zero-order valence-corrected chi connectivity index (χ0v) is 17.7. The van der Waals surface area contributed by atoms with E-state index in [1.54, 1.807) is 0 Å². The van der Waals surface area contributed by atoms with Gasteiger partial charge in [0.15, 0.2) is 0 Å². The van der Waals surface area contributed by atoms with Gasteiger partial charge in [-0.3, -0.25) is 4.79 Å². The van der Waals surface area contributed by atoms with Crippen LogP contribution in [0.2, 0.25) is 0 Å². The zero-order chi connectivity index (χ0) is 19.3. The molecule has 0 N–H and O–H groups in total. The number of rotatable bonds is 3. The summed E-state index contributed by atoms with van der Waals surface area (Å²) in [6.07, 6.45) is 9.23. The number of amides is 1. The maximum absolute atomic E-state index is 13.5. The van der Waals surface area contributed by atoms with Gasteiger partial charge in [0.2, 0.25) is 0 Å². The Morgan fingerprint density at radius 2 is 2.14 bits per heavy atom. The standard InChI is InChI=1S/C21H29N5OS/c1-15-11-17(23-28-15)20(27)26-9-7-18-19(22-14-24(18)2)21(26)8-10-25(13-21)12-16-5-3-4-6-16/h11,14,16H,3-10,12-13H2,1-2H3. The lowest BCUT2D eigenvalue weighted by molar-refractivity contribution is 0.0410. The first-order valence-electron chi connectivity index (χ1n) is 10.6. The Kier molecular flexibility index (Phi) is 4.55. The molecular formula is C21H29N5OS. The Hall–Kier alpha value is -1.73. The molecule has 1 amide bonds. The van der Waals surface area contributed by atoms with Crippen LogP contribution in [-0.2, 0) is 19.0 Å². The fourth-order valence-electron chi connectivity index (χ4n) is 5.60. The minimum Gasteiger partial charge on any atom is -0.337 e. The quantitative estimate of drug-likeness (QED) is 0.796. The normalized spacial score (nSPS) is 25.7. The lowest BCUT2D eigenvalue weighted by Crippen LogP contribution is -2.55. The second-order valence-corrected chi connectivity index (χ2v) is 9.86. The molecule has 2 fully saturated rings. The lowest BCUT2D eigenvalue weighted by atomic mass is 9.85. The Bertz CT molecular complexity index is 883. The zero-order valence-electron chi connectivity index (χ0n) is 16.9. The van der Waals surface area contributed by atoms with E-state index in [1.807, 2.05) is 19.3 Å². The number of imidazole rings is 1. The first kappa shape index (κ1) is 18.3. The summed E-state index contributed by atoms with van der Waals surface area (Å²) in [5, 5.41) is 0. The van der Waals surface area contributed by atoms with Crippen molar-refractivity contribution in [3.05, 3.63) is 34.4 Å². The van der Waals surface area contributed by atoms with Gasteiger partial charge in [-0.1, -0.05) is 12.8 Å². The fraction of sp³-hybridized carbons (Fsp3) is 0.667. The summed E-state index contributed by atoms with van der Waals surface area (Å²) in [4.78, 5) is 24.1. The van der Waals surface area contributed by atoms with Crippen LogP contribution in [0.25, 0.3) is 0 Å².